The molecular weight excluding hydrogens is 192 g/mol. The second-order valence-electron chi connectivity index (χ2n) is 3.42. The Morgan fingerprint density at radius 3 is 2.67 bits per heavy atom. The van der Waals surface area contributed by atoms with Crippen LogP contribution in [0.25, 0.3) is 0 Å². The van der Waals surface area contributed by atoms with E-state index in [2.05, 4.69) is 0 Å². The summed E-state index contributed by atoms with van der Waals surface area (Å²) in [5.74, 6) is -0.606. The number of hydrogen-bond donors (Lipinski definition) is 1. The number of benzene rings is 1. The fraction of sp³-hybridized carbons (Fsp3) is 0.417. The second kappa shape index (κ2) is 5.39. The van der Waals surface area contributed by atoms with Crippen molar-refractivity contribution in [3.63, 3.8) is 0 Å². The standard InChI is InChI=1S/C12H16O3/c1-3-6-10(12(13)14)9-7-4-5-8-11(9)15-2/h4-5,7-8,10H,3,6H2,1-2H3,(H,13,14). The minimum atomic E-state index is -0.790. The molecule has 0 aromatic heterocycles. The van der Waals surface area contributed by atoms with E-state index in [9.17, 15) is 4.79 Å². The average molecular weight is 208 g/mol. The van der Waals surface area contributed by atoms with Crippen LogP contribution in [-0.2, 0) is 4.79 Å². The first-order chi connectivity index (χ1) is 7.20. The summed E-state index contributed by atoms with van der Waals surface area (Å²) < 4.78 is 5.16. The molecule has 1 aromatic rings. The van der Waals surface area contributed by atoms with Gasteiger partial charge in [0, 0.05) is 5.56 Å². The Labute approximate surface area is 89.7 Å². The number of carboxylic acids is 1. The summed E-state index contributed by atoms with van der Waals surface area (Å²) in [7, 11) is 1.56. The second-order valence-corrected chi connectivity index (χ2v) is 3.42. The number of carboxylic acid groups (broad SMARTS) is 1. The average Bonchev–Trinajstić information content (AvgIpc) is 2.25. The van der Waals surface area contributed by atoms with Crippen molar-refractivity contribution in [1.29, 1.82) is 0 Å². The molecule has 1 unspecified atom stereocenters. The molecule has 3 heteroatoms. The quantitative estimate of drug-likeness (QED) is 0.809. The number of hydrogen-bond acceptors (Lipinski definition) is 2. The van der Waals surface area contributed by atoms with E-state index in [0.717, 1.165) is 12.0 Å². The van der Waals surface area contributed by atoms with Gasteiger partial charge in [-0.15, -0.1) is 0 Å². The van der Waals surface area contributed by atoms with Crippen LogP contribution in [0.4, 0.5) is 0 Å². The largest absolute Gasteiger partial charge is 0.496 e. The monoisotopic (exact) mass is 208 g/mol. The zero-order chi connectivity index (χ0) is 11.3. The van der Waals surface area contributed by atoms with E-state index in [1.165, 1.54) is 0 Å². The summed E-state index contributed by atoms with van der Waals surface area (Å²) >= 11 is 0. The Morgan fingerprint density at radius 2 is 2.13 bits per heavy atom. The number of aliphatic carboxylic acids is 1. The number of para-hydroxylation sites is 1. The molecular formula is C12H16O3. The number of rotatable bonds is 5. The molecule has 1 N–H and O–H groups in total. The lowest BCUT2D eigenvalue weighted by molar-refractivity contribution is -0.139. The van der Waals surface area contributed by atoms with Crippen molar-refractivity contribution in [3.05, 3.63) is 29.8 Å². The Hall–Kier alpha value is -1.51. The fourth-order valence-corrected chi connectivity index (χ4v) is 1.65. The minimum Gasteiger partial charge on any atom is -0.496 e. The highest BCUT2D eigenvalue weighted by Crippen LogP contribution is 2.29. The zero-order valence-corrected chi connectivity index (χ0v) is 9.06. The number of ether oxygens (including phenoxy) is 1. The molecule has 0 fully saturated rings. The van der Waals surface area contributed by atoms with Crippen molar-refractivity contribution in [2.45, 2.75) is 25.7 Å². The maximum atomic E-state index is 11.1. The fourth-order valence-electron chi connectivity index (χ4n) is 1.65. The first-order valence-electron chi connectivity index (χ1n) is 5.06. The summed E-state index contributed by atoms with van der Waals surface area (Å²) in [6.07, 6.45) is 1.48. The molecule has 0 aliphatic heterocycles. The lowest BCUT2D eigenvalue weighted by Gasteiger charge is -2.14. The topological polar surface area (TPSA) is 46.5 Å². The van der Waals surface area contributed by atoms with Crippen LogP contribution in [0.15, 0.2) is 24.3 Å². The van der Waals surface area contributed by atoms with Gasteiger partial charge in [0.25, 0.3) is 0 Å². The van der Waals surface area contributed by atoms with Gasteiger partial charge in [0.15, 0.2) is 0 Å². The first kappa shape index (κ1) is 11.6. The van der Waals surface area contributed by atoms with Crippen LogP contribution in [0.2, 0.25) is 0 Å². The maximum Gasteiger partial charge on any atom is 0.311 e. The van der Waals surface area contributed by atoms with E-state index in [-0.39, 0.29) is 0 Å². The van der Waals surface area contributed by atoms with Crippen molar-refractivity contribution < 1.29 is 14.6 Å². The highest BCUT2D eigenvalue weighted by Gasteiger charge is 2.21. The lowest BCUT2D eigenvalue weighted by atomic mass is 9.94. The molecule has 1 aromatic carbocycles. The van der Waals surface area contributed by atoms with Gasteiger partial charge in [-0.05, 0) is 12.5 Å². The molecule has 3 nitrogen and oxygen atoms in total. The molecule has 1 rings (SSSR count). The number of carbonyl (C=O) groups is 1. The van der Waals surface area contributed by atoms with Crippen LogP contribution in [0.1, 0.15) is 31.2 Å². The first-order valence-corrected chi connectivity index (χ1v) is 5.06. The van der Waals surface area contributed by atoms with Gasteiger partial charge in [-0.1, -0.05) is 31.5 Å². The van der Waals surface area contributed by atoms with E-state index in [1.54, 1.807) is 13.2 Å². The van der Waals surface area contributed by atoms with Gasteiger partial charge in [0.2, 0.25) is 0 Å². The van der Waals surface area contributed by atoms with E-state index >= 15 is 0 Å². The minimum absolute atomic E-state index is 0.467. The van der Waals surface area contributed by atoms with Crippen LogP contribution < -0.4 is 4.74 Å². The Morgan fingerprint density at radius 1 is 1.47 bits per heavy atom. The Bertz CT molecular complexity index is 333. The molecule has 0 aliphatic carbocycles. The van der Waals surface area contributed by atoms with E-state index in [4.69, 9.17) is 9.84 Å². The normalized spacial score (nSPS) is 12.1. The third-order valence-electron chi connectivity index (χ3n) is 2.39. The third-order valence-corrected chi connectivity index (χ3v) is 2.39. The molecule has 0 bridgehead atoms. The summed E-state index contributed by atoms with van der Waals surface area (Å²) in [5.41, 5.74) is 0.759. The van der Waals surface area contributed by atoms with Gasteiger partial charge in [-0.2, -0.15) is 0 Å². The van der Waals surface area contributed by atoms with Gasteiger partial charge in [0.1, 0.15) is 5.75 Å². The van der Waals surface area contributed by atoms with Crippen molar-refractivity contribution >= 4 is 5.97 Å². The van der Waals surface area contributed by atoms with Gasteiger partial charge in [0.05, 0.1) is 13.0 Å². The SMILES string of the molecule is CCCC(C(=O)O)c1ccccc1OC. The molecule has 0 amide bonds. The predicted octanol–water partition coefficient (Wildman–Crippen LogP) is 2.66. The third kappa shape index (κ3) is 2.72. The summed E-state index contributed by atoms with van der Waals surface area (Å²) in [6, 6.07) is 7.28. The van der Waals surface area contributed by atoms with Crippen LogP contribution in [-0.4, -0.2) is 18.2 Å². The van der Waals surface area contributed by atoms with Crippen molar-refractivity contribution in [1.82, 2.24) is 0 Å². The molecule has 0 heterocycles. The van der Waals surface area contributed by atoms with Gasteiger partial charge in [-0.25, -0.2) is 0 Å². The van der Waals surface area contributed by atoms with Gasteiger partial charge >= 0.3 is 5.97 Å². The molecule has 0 radical (unpaired) electrons. The van der Waals surface area contributed by atoms with Crippen LogP contribution in [0, 0.1) is 0 Å². The highest BCUT2D eigenvalue weighted by molar-refractivity contribution is 5.77. The number of methoxy groups -OCH3 is 1. The van der Waals surface area contributed by atoms with Crippen LogP contribution in [0.5, 0.6) is 5.75 Å². The van der Waals surface area contributed by atoms with Crippen LogP contribution >= 0.6 is 0 Å². The van der Waals surface area contributed by atoms with Gasteiger partial charge in [-0.3, -0.25) is 4.79 Å². The van der Waals surface area contributed by atoms with Gasteiger partial charge < -0.3 is 9.84 Å². The van der Waals surface area contributed by atoms with Crippen LogP contribution in [0.3, 0.4) is 0 Å². The summed E-state index contributed by atoms with van der Waals surface area (Å²) in [4.78, 5) is 11.1. The molecule has 0 saturated carbocycles. The molecule has 15 heavy (non-hydrogen) atoms. The maximum absolute atomic E-state index is 11.1. The van der Waals surface area contributed by atoms with Crippen molar-refractivity contribution in [2.75, 3.05) is 7.11 Å². The molecule has 82 valence electrons. The molecule has 0 spiro atoms. The van der Waals surface area contributed by atoms with E-state index in [1.807, 2.05) is 25.1 Å². The van der Waals surface area contributed by atoms with E-state index in [0.29, 0.717) is 12.2 Å². The van der Waals surface area contributed by atoms with Crippen molar-refractivity contribution in [2.24, 2.45) is 0 Å². The lowest BCUT2D eigenvalue weighted by Crippen LogP contribution is -2.12. The molecule has 0 aliphatic rings. The molecule has 0 saturated heterocycles. The zero-order valence-electron chi connectivity index (χ0n) is 9.06. The highest BCUT2D eigenvalue weighted by atomic mass is 16.5. The Kier molecular flexibility index (Phi) is 4.16. The summed E-state index contributed by atoms with van der Waals surface area (Å²) in [5, 5.41) is 9.12. The van der Waals surface area contributed by atoms with E-state index < -0.39 is 11.9 Å². The predicted molar refractivity (Wildman–Crippen MR) is 58.3 cm³/mol. The molecule has 1 atom stereocenters. The Balaban J connectivity index is 3.04. The smallest absolute Gasteiger partial charge is 0.311 e. The summed E-state index contributed by atoms with van der Waals surface area (Å²) in [6.45, 7) is 1.98. The van der Waals surface area contributed by atoms with Crippen molar-refractivity contribution in [3.8, 4) is 5.75 Å².